The molecular formula is C30H35NO9. The number of nitrogens with one attached hydrogen (secondary N) is 1. The van der Waals surface area contributed by atoms with Crippen molar-refractivity contribution in [3.05, 3.63) is 63.2 Å². The summed E-state index contributed by atoms with van der Waals surface area (Å²) in [7, 11) is 3.04. The molecule has 2 aromatic carbocycles. The van der Waals surface area contributed by atoms with E-state index in [2.05, 4.69) is 5.32 Å². The number of carbonyl (C=O) groups is 4. The summed E-state index contributed by atoms with van der Waals surface area (Å²) in [5.41, 5.74) is 4.92. The molecule has 0 aliphatic carbocycles. The van der Waals surface area contributed by atoms with Crippen LogP contribution in [0.15, 0.2) is 29.8 Å². The summed E-state index contributed by atoms with van der Waals surface area (Å²) in [6.07, 6.45) is 2.62. The van der Waals surface area contributed by atoms with Crippen molar-refractivity contribution in [2.45, 2.75) is 66.0 Å². The molecule has 10 heteroatoms. The van der Waals surface area contributed by atoms with Crippen LogP contribution >= 0.6 is 0 Å². The normalized spacial score (nSPS) is 12.4. The Morgan fingerprint density at radius 2 is 1.82 bits per heavy atom. The number of amides is 1. The number of esters is 2. The fraction of sp³-hybridized carbons (Fsp3) is 0.400. The van der Waals surface area contributed by atoms with Crippen molar-refractivity contribution in [3.63, 3.8) is 0 Å². The molecule has 0 unspecified atom stereocenters. The van der Waals surface area contributed by atoms with Gasteiger partial charge >= 0.3 is 17.9 Å². The van der Waals surface area contributed by atoms with Gasteiger partial charge in [-0.2, -0.15) is 0 Å². The van der Waals surface area contributed by atoms with Crippen LogP contribution in [-0.2, 0) is 45.1 Å². The number of allylic oxidation sites excluding steroid dienone is 2. The third kappa shape index (κ3) is 7.19. The largest absolute Gasteiger partial charge is 0.493 e. The minimum absolute atomic E-state index is 0.00122. The van der Waals surface area contributed by atoms with Crippen LogP contribution in [0.2, 0.25) is 0 Å². The monoisotopic (exact) mass is 553 g/mol. The molecule has 10 nitrogen and oxygen atoms in total. The van der Waals surface area contributed by atoms with Crippen molar-refractivity contribution in [2.75, 3.05) is 14.2 Å². The highest BCUT2D eigenvalue weighted by Gasteiger charge is 2.33. The molecular weight excluding hydrogens is 518 g/mol. The van der Waals surface area contributed by atoms with E-state index in [1.54, 1.807) is 18.2 Å². The lowest BCUT2D eigenvalue weighted by molar-refractivity contribution is -0.139. The van der Waals surface area contributed by atoms with Crippen LogP contribution in [0.25, 0.3) is 0 Å². The Hall–Kier alpha value is -4.34. The van der Waals surface area contributed by atoms with Gasteiger partial charge in [-0.1, -0.05) is 24.6 Å². The molecule has 0 atom stereocenters. The van der Waals surface area contributed by atoms with E-state index in [4.69, 9.17) is 24.1 Å². The molecule has 0 bridgehead atoms. The van der Waals surface area contributed by atoms with Gasteiger partial charge in [0, 0.05) is 24.1 Å². The molecule has 1 heterocycles. The number of cyclic esters (lactones) is 1. The number of carbonyl (C=O) groups excluding carboxylic acids is 3. The number of ether oxygens (including phenoxy) is 4. The maximum atomic E-state index is 12.9. The van der Waals surface area contributed by atoms with E-state index in [0.717, 1.165) is 22.3 Å². The molecule has 0 saturated heterocycles. The SMILES string of the molecule is CCc1c(C)c2c(c(OC(=O)CC(=O)NCc3ccc(OC)c(OC)c3)c1C/C=C(\C)CCC(=O)O)C(=O)OC2. The first kappa shape index (κ1) is 30.2. The van der Waals surface area contributed by atoms with Gasteiger partial charge in [0.05, 0.1) is 14.2 Å². The molecule has 1 amide bonds. The first-order valence-electron chi connectivity index (χ1n) is 13.0. The van der Waals surface area contributed by atoms with Crippen LogP contribution in [-0.4, -0.2) is 43.1 Å². The molecule has 214 valence electrons. The Labute approximate surface area is 233 Å². The zero-order chi connectivity index (χ0) is 29.4. The molecule has 0 fully saturated rings. The van der Waals surface area contributed by atoms with Gasteiger partial charge < -0.3 is 29.4 Å². The average Bonchev–Trinajstić information content (AvgIpc) is 3.32. The number of aliphatic carboxylic acids is 1. The second-order valence-electron chi connectivity index (χ2n) is 9.46. The molecule has 0 aromatic heterocycles. The fourth-order valence-corrected chi connectivity index (χ4v) is 4.65. The van der Waals surface area contributed by atoms with Gasteiger partial charge in [-0.15, -0.1) is 0 Å². The number of carboxylic acids is 1. The molecule has 40 heavy (non-hydrogen) atoms. The lowest BCUT2D eigenvalue weighted by Crippen LogP contribution is -2.27. The maximum Gasteiger partial charge on any atom is 0.342 e. The van der Waals surface area contributed by atoms with Crippen LogP contribution < -0.4 is 19.5 Å². The van der Waals surface area contributed by atoms with E-state index in [1.807, 2.05) is 26.8 Å². The van der Waals surface area contributed by atoms with Gasteiger partial charge in [-0.25, -0.2) is 4.79 Å². The van der Waals surface area contributed by atoms with E-state index in [0.29, 0.717) is 41.9 Å². The van der Waals surface area contributed by atoms with Crippen molar-refractivity contribution in [1.29, 1.82) is 0 Å². The Morgan fingerprint density at radius 1 is 1.10 bits per heavy atom. The fourth-order valence-electron chi connectivity index (χ4n) is 4.65. The number of hydrogen-bond acceptors (Lipinski definition) is 8. The summed E-state index contributed by atoms with van der Waals surface area (Å²) in [5, 5.41) is 11.7. The van der Waals surface area contributed by atoms with E-state index < -0.39 is 30.2 Å². The van der Waals surface area contributed by atoms with Crippen molar-refractivity contribution in [2.24, 2.45) is 0 Å². The molecule has 0 saturated carbocycles. The molecule has 2 N–H and O–H groups in total. The quantitative estimate of drug-likeness (QED) is 0.162. The first-order chi connectivity index (χ1) is 19.1. The lowest BCUT2D eigenvalue weighted by atomic mass is 9.89. The van der Waals surface area contributed by atoms with Crippen LogP contribution in [0.4, 0.5) is 0 Å². The van der Waals surface area contributed by atoms with E-state index in [-0.39, 0.29) is 30.9 Å². The zero-order valence-electron chi connectivity index (χ0n) is 23.5. The molecule has 1 aliphatic heterocycles. The first-order valence-corrected chi connectivity index (χ1v) is 13.0. The topological polar surface area (TPSA) is 137 Å². The van der Waals surface area contributed by atoms with Crippen molar-refractivity contribution >= 4 is 23.8 Å². The van der Waals surface area contributed by atoms with Crippen molar-refractivity contribution in [1.82, 2.24) is 5.32 Å². The van der Waals surface area contributed by atoms with E-state index >= 15 is 0 Å². The summed E-state index contributed by atoms with van der Waals surface area (Å²) in [4.78, 5) is 49.1. The highest BCUT2D eigenvalue weighted by Crippen LogP contribution is 2.39. The van der Waals surface area contributed by atoms with Gasteiger partial charge in [0.25, 0.3) is 0 Å². The van der Waals surface area contributed by atoms with Crippen LogP contribution in [0.1, 0.15) is 71.3 Å². The molecule has 1 aliphatic rings. The molecule has 3 rings (SSSR count). The minimum Gasteiger partial charge on any atom is -0.493 e. The summed E-state index contributed by atoms with van der Waals surface area (Å²) >= 11 is 0. The molecule has 0 spiro atoms. The third-order valence-electron chi connectivity index (χ3n) is 6.82. The average molecular weight is 554 g/mol. The number of methoxy groups -OCH3 is 2. The Balaban J connectivity index is 1.81. The van der Waals surface area contributed by atoms with Crippen LogP contribution in [0.3, 0.4) is 0 Å². The predicted octanol–water partition coefficient (Wildman–Crippen LogP) is 4.21. The number of fused-ring (bicyclic) bond motifs is 1. The molecule has 2 aromatic rings. The van der Waals surface area contributed by atoms with Gasteiger partial charge in [0.1, 0.15) is 24.3 Å². The summed E-state index contributed by atoms with van der Waals surface area (Å²) in [6.45, 7) is 5.93. The second kappa shape index (κ2) is 13.6. The van der Waals surface area contributed by atoms with E-state index in [9.17, 15) is 19.2 Å². The summed E-state index contributed by atoms with van der Waals surface area (Å²) in [6, 6.07) is 5.21. The Morgan fingerprint density at radius 3 is 2.48 bits per heavy atom. The third-order valence-corrected chi connectivity index (χ3v) is 6.82. The van der Waals surface area contributed by atoms with Gasteiger partial charge in [0.2, 0.25) is 5.91 Å². The lowest BCUT2D eigenvalue weighted by Gasteiger charge is -2.19. The zero-order valence-corrected chi connectivity index (χ0v) is 23.5. The maximum absolute atomic E-state index is 12.9. The molecule has 0 radical (unpaired) electrons. The van der Waals surface area contributed by atoms with Gasteiger partial charge in [0.15, 0.2) is 11.5 Å². The van der Waals surface area contributed by atoms with Crippen molar-refractivity contribution in [3.8, 4) is 17.2 Å². The number of rotatable bonds is 13. The number of hydrogen-bond donors (Lipinski definition) is 2. The van der Waals surface area contributed by atoms with E-state index in [1.165, 1.54) is 14.2 Å². The Kier molecular flexibility index (Phi) is 10.3. The second-order valence-corrected chi connectivity index (χ2v) is 9.46. The highest BCUT2D eigenvalue weighted by molar-refractivity contribution is 6.00. The van der Waals surface area contributed by atoms with Crippen LogP contribution in [0.5, 0.6) is 17.2 Å². The number of benzene rings is 2. The summed E-state index contributed by atoms with van der Waals surface area (Å²) < 4.78 is 21.5. The highest BCUT2D eigenvalue weighted by atomic mass is 16.6. The smallest absolute Gasteiger partial charge is 0.342 e. The van der Waals surface area contributed by atoms with Crippen LogP contribution in [0, 0.1) is 6.92 Å². The Bertz CT molecular complexity index is 1340. The minimum atomic E-state index is -0.892. The predicted molar refractivity (Wildman–Crippen MR) is 146 cm³/mol. The number of carboxylic acid groups (broad SMARTS) is 1. The van der Waals surface area contributed by atoms with Crippen molar-refractivity contribution < 1.29 is 43.2 Å². The summed E-state index contributed by atoms with van der Waals surface area (Å²) in [5.74, 6) is -1.68. The standard InChI is InChI=1S/C30H35NO9/c1-6-20-18(3)22-16-39-30(36)28(22)29(21(20)10-7-17(2)8-12-26(33)34)40-27(35)14-25(32)31-15-19-9-11-23(37-4)24(13-19)38-5/h7,9,11,13H,6,8,10,12,14-16H2,1-5H3,(H,31,32)(H,33,34)/b17-7+. The van der Waals surface area contributed by atoms with Gasteiger partial charge in [-0.3, -0.25) is 14.4 Å². The van der Waals surface area contributed by atoms with Gasteiger partial charge in [-0.05, 0) is 61.9 Å².